The number of allylic oxidation sites excluding steroid dienone is 2. The lowest BCUT2D eigenvalue weighted by atomic mass is 9.88. The number of nitrogens with two attached hydrogens (primary N) is 1. The molecule has 0 amide bonds. The van der Waals surface area contributed by atoms with Gasteiger partial charge in [-0.1, -0.05) is 12.2 Å². The lowest BCUT2D eigenvalue weighted by molar-refractivity contribution is -0.155. The van der Waals surface area contributed by atoms with Gasteiger partial charge in [-0.3, -0.25) is 9.59 Å². The van der Waals surface area contributed by atoms with E-state index in [9.17, 15) is 23.9 Å². The van der Waals surface area contributed by atoms with Crippen molar-refractivity contribution < 1.29 is 33.7 Å². The molecule has 3 rings (SSSR count). The van der Waals surface area contributed by atoms with E-state index in [4.69, 9.17) is 15.6 Å². The van der Waals surface area contributed by atoms with Crippen LogP contribution in [0.15, 0.2) is 23.8 Å². The summed E-state index contributed by atoms with van der Waals surface area (Å²) in [5.41, 5.74) is 1.72. The Hall–Kier alpha value is -2.06. The first-order valence-electron chi connectivity index (χ1n) is 7.18. The summed E-state index contributed by atoms with van der Waals surface area (Å²) in [6.45, 7) is -0.0368. The van der Waals surface area contributed by atoms with E-state index in [1.165, 1.54) is 6.08 Å². The molecule has 0 aliphatic heterocycles. The van der Waals surface area contributed by atoms with Crippen LogP contribution in [0.25, 0.3) is 0 Å². The molecule has 8 heteroatoms. The van der Waals surface area contributed by atoms with E-state index < -0.39 is 41.1 Å². The molecular formula is C15H16FNO6. The maximum Gasteiger partial charge on any atom is 0.342 e. The number of ether oxygens (including phenoxy) is 1. The fourth-order valence-electron chi connectivity index (χ4n) is 3.73. The van der Waals surface area contributed by atoms with Gasteiger partial charge in [0.25, 0.3) is 0 Å². The second-order valence-electron chi connectivity index (χ2n) is 6.22. The number of fused-ring (bicyclic) bond motifs is 1. The average molecular weight is 325 g/mol. The van der Waals surface area contributed by atoms with Crippen molar-refractivity contribution in [1.29, 1.82) is 0 Å². The van der Waals surface area contributed by atoms with E-state index in [1.807, 2.05) is 0 Å². The molecule has 5 atom stereocenters. The number of hydrogen-bond donors (Lipinski definition) is 3. The first-order chi connectivity index (χ1) is 10.7. The molecule has 124 valence electrons. The van der Waals surface area contributed by atoms with Gasteiger partial charge >= 0.3 is 11.9 Å². The normalized spacial score (nSPS) is 41.4. The van der Waals surface area contributed by atoms with E-state index in [0.717, 1.165) is 0 Å². The number of ketones is 1. The minimum absolute atomic E-state index is 0.0368. The zero-order chi connectivity index (χ0) is 17.0. The minimum atomic E-state index is -2.60. The molecule has 0 aromatic heterocycles. The largest absolute Gasteiger partial charge is 0.480 e. The molecule has 3 aliphatic rings. The van der Waals surface area contributed by atoms with Crippen molar-refractivity contribution in [3.8, 4) is 0 Å². The van der Waals surface area contributed by atoms with E-state index in [-0.39, 0.29) is 18.8 Å². The van der Waals surface area contributed by atoms with Crippen LogP contribution in [-0.4, -0.2) is 51.9 Å². The molecule has 2 fully saturated rings. The van der Waals surface area contributed by atoms with Gasteiger partial charge in [0.1, 0.15) is 5.54 Å². The van der Waals surface area contributed by atoms with E-state index in [0.29, 0.717) is 12.0 Å². The van der Waals surface area contributed by atoms with Crippen LogP contribution >= 0.6 is 0 Å². The van der Waals surface area contributed by atoms with Gasteiger partial charge in [-0.15, -0.1) is 0 Å². The highest BCUT2D eigenvalue weighted by atomic mass is 19.1. The monoisotopic (exact) mass is 325 g/mol. The van der Waals surface area contributed by atoms with Crippen molar-refractivity contribution in [2.24, 2.45) is 17.6 Å². The SMILES string of the molecule is N[C@]1(C(=O)O)[C@H]2[C@@H](C[C@H]1OCC1=CC(=O)CC=C1)[C@]2(F)C(=O)O. The third kappa shape index (κ3) is 2.13. The molecule has 7 nitrogen and oxygen atoms in total. The number of alkyl halides is 1. The molecular weight excluding hydrogens is 309 g/mol. The third-order valence-electron chi connectivity index (χ3n) is 4.95. The van der Waals surface area contributed by atoms with Crippen molar-refractivity contribution in [1.82, 2.24) is 0 Å². The van der Waals surface area contributed by atoms with Gasteiger partial charge in [-0.05, 0) is 18.1 Å². The predicted octanol–water partition coefficient (Wildman–Crippen LogP) is 0.0517. The summed E-state index contributed by atoms with van der Waals surface area (Å²) in [5.74, 6) is -5.55. The molecule has 3 aliphatic carbocycles. The Morgan fingerprint density at radius 2 is 2.09 bits per heavy atom. The van der Waals surface area contributed by atoms with E-state index in [2.05, 4.69) is 0 Å². The highest BCUT2D eigenvalue weighted by Crippen LogP contribution is 2.67. The van der Waals surface area contributed by atoms with Gasteiger partial charge in [0.05, 0.1) is 12.7 Å². The van der Waals surface area contributed by atoms with Crippen LogP contribution in [-0.2, 0) is 19.1 Å². The maximum absolute atomic E-state index is 14.3. The molecule has 0 bridgehead atoms. The number of halogens is 1. The predicted molar refractivity (Wildman–Crippen MR) is 74.2 cm³/mol. The van der Waals surface area contributed by atoms with Gasteiger partial charge in [0, 0.05) is 18.3 Å². The van der Waals surface area contributed by atoms with Crippen LogP contribution in [0.2, 0.25) is 0 Å². The van der Waals surface area contributed by atoms with Gasteiger partial charge in [-0.2, -0.15) is 0 Å². The van der Waals surface area contributed by atoms with Gasteiger partial charge < -0.3 is 20.7 Å². The average Bonchev–Trinajstić information content (AvgIpc) is 2.95. The molecule has 0 unspecified atom stereocenters. The fraction of sp³-hybridized carbons (Fsp3) is 0.533. The lowest BCUT2D eigenvalue weighted by Crippen LogP contribution is -2.60. The number of carbonyl (C=O) groups excluding carboxylic acids is 1. The molecule has 0 saturated heterocycles. The molecule has 2 saturated carbocycles. The third-order valence-corrected chi connectivity index (χ3v) is 4.95. The number of carbonyl (C=O) groups is 3. The van der Waals surface area contributed by atoms with Crippen LogP contribution in [0.3, 0.4) is 0 Å². The highest BCUT2D eigenvalue weighted by molar-refractivity contribution is 5.93. The van der Waals surface area contributed by atoms with Crippen LogP contribution < -0.4 is 5.73 Å². The smallest absolute Gasteiger partial charge is 0.342 e. The number of carboxylic acids is 2. The van der Waals surface area contributed by atoms with Crippen molar-refractivity contribution in [2.75, 3.05) is 6.61 Å². The second-order valence-corrected chi connectivity index (χ2v) is 6.22. The summed E-state index contributed by atoms with van der Waals surface area (Å²) in [4.78, 5) is 33.9. The second kappa shape index (κ2) is 4.97. The highest BCUT2D eigenvalue weighted by Gasteiger charge is 2.85. The Morgan fingerprint density at radius 1 is 1.39 bits per heavy atom. The molecule has 0 aromatic rings. The molecule has 0 heterocycles. The maximum atomic E-state index is 14.3. The number of aliphatic carboxylic acids is 2. The lowest BCUT2D eigenvalue weighted by Gasteiger charge is -2.31. The Kier molecular flexibility index (Phi) is 3.42. The molecule has 0 radical (unpaired) electrons. The Morgan fingerprint density at radius 3 is 2.65 bits per heavy atom. The Bertz CT molecular complexity index is 658. The van der Waals surface area contributed by atoms with Crippen molar-refractivity contribution in [3.63, 3.8) is 0 Å². The number of hydrogen-bond acceptors (Lipinski definition) is 5. The van der Waals surface area contributed by atoms with Crippen LogP contribution in [0.4, 0.5) is 4.39 Å². The first kappa shape index (κ1) is 15.8. The molecule has 23 heavy (non-hydrogen) atoms. The van der Waals surface area contributed by atoms with Crippen molar-refractivity contribution in [2.45, 2.75) is 30.2 Å². The topological polar surface area (TPSA) is 127 Å². The van der Waals surface area contributed by atoms with Gasteiger partial charge in [0.2, 0.25) is 5.67 Å². The quantitative estimate of drug-likeness (QED) is 0.652. The summed E-state index contributed by atoms with van der Waals surface area (Å²) < 4.78 is 19.8. The molecule has 4 N–H and O–H groups in total. The Labute approximate surface area is 130 Å². The van der Waals surface area contributed by atoms with E-state index >= 15 is 0 Å². The van der Waals surface area contributed by atoms with Crippen LogP contribution in [0, 0.1) is 11.8 Å². The van der Waals surface area contributed by atoms with Crippen molar-refractivity contribution >= 4 is 17.7 Å². The number of rotatable bonds is 5. The molecule has 0 spiro atoms. The van der Waals surface area contributed by atoms with E-state index in [1.54, 1.807) is 12.2 Å². The van der Waals surface area contributed by atoms with Gasteiger partial charge in [-0.25, -0.2) is 9.18 Å². The van der Waals surface area contributed by atoms with Crippen molar-refractivity contribution in [3.05, 3.63) is 23.8 Å². The fourth-order valence-corrected chi connectivity index (χ4v) is 3.73. The van der Waals surface area contributed by atoms with Gasteiger partial charge in [0.15, 0.2) is 5.78 Å². The van der Waals surface area contributed by atoms with Crippen LogP contribution in [0.1, 0.15) is 12.8 Å². The zero-order valence-corrected chi connectivity index (χ0v) is 12.1. The summed E-state index contributed by atoms with van der Waals surface area (Å²) in [5, 5.41) is 18.3. The summed E-state index contributed by atoms with van der Waals surface area (Å²) in [6, 6.07) is 0. The summed E-state index contributed by atoms with van der Waals surface area (Å²) in [6.07, 6.45) is 3.95. The first-order valence-corrected chi connectivity index (χ1v) is 7.18. The molecule has 0 aromatic carbocycles. The summed E-state index contributed by atoms with van der Waals surface area (Å²) >= 11 is 0. The van der Waals surface area contributed by atoms with Crippen LogP contribution in [0.5, 0.6) is 0 Å². The Balaban J connectivity index is 1.75. The summed E-state index contributed by atoms with van der Waals surface area (Å²) in [7, 11) is 0. The number of carboxylic acid groups (broad SMARTS) is 2. The standard InChI is InChI=1S/C15H16FNO6/c16-14(12(19)20)9-5-10(15(17,11(9)14)13(21)22)23-6-7-2-1-3-8(18)4-7/h1-2,4,9-11H,3,5-6,17H2,(H,19,20)(H,21,22)/t9-,10-,11+,14-,15+/m1/s1. The minimum Gasteiger partial charge on any atom is -0.480 e. The zero-order valence-electron chi connectivity index (χ0n) is 12.1.